The smallest absolute Gasteiger partial charge is 0.0931 e. The van der Waals surface area contributed by atoms with E-state index in [1.54, 1.807) is 11.3 Å². The Labute approximate surface area is 113 Å². The van der Waals surface area contributed by atoms with Crippen molar-refractivity contribution >= 4 is 22.9 Å². The van der Waals surface area contributed by atoms with Crippen LogP contribution < -0.4 is 5.32 Å². The van der Waals surface area contributed by atoms with Gasteiger partial charge in [0.2, 0.25) is 0 Å². The van der Waals surface area contributed by atoms with E-state index in [1.807, 2.05) is 7.05 Å². The molecule has 1 saturated heterocycles. The van der Waals surface area contributed by atoms with Crippen molar-refractivity contribution in [2.45, 2.75) is 25.8 Å². The Hall–Kier alpha value is -0.0900. The Bertz CT molecular complexity index is 351. The largest absolute Gasteiger partial charge is 0.319 e. The predicted octanol–water partition coefficient (Wildman–Crippen LogP) is 3.39. The van der Waals surface area contributed by atoms with Gasteiger partial charge < -0.3 is 5.32 Å². The number of nitrogens with zero attached hydrogens (tertiary/aromatic N) is 1. The highest BCUT2D eigenvalue weighted by molar-refractivity contribution is 7.14. The molecule has 4 heteroatoms. The van der Waals surface area contributed by atoms with Crippen molar-refractivity contribution in [2.24, 2.45) is 5.92 Å². The third kappa shape index (κ3) is 3.44. The summed E-state index contributed by atoms with van der Waals surface area (Å²) in [5.74, 6) is 0.797. The summed E-state index contributed by atoms with van der Waals surface area (Å²) in [7, 11) is 2.04. The molecule has 1 aliphatic heterocycles. The summed E-state index contributed by atoms with van der Waals surface area (Å²) in [6.07, 6.45) is 2.67. The fourth-order valence-corrected chi connectivity index (χ4v) is 3.64. The summed E-state index contributed by atoms with van der Waals surface area (Å²) in [5.41, 5.74) is 1.37. The zero-order valence-corrected chi connectivity index (χ0v) is 12.2. The molecule has 1 fully saturated rings. The Morgan fingerprint density at radius 1 is 1.65 bits per heavy atom. The Kier molecular flexibility index (Phi) is 4.86. The fourth-order valence-electron chi connectivity index (χ4n) is 2.66. The number of halogens is 1. The molecule has 2 nitrogen and oxygen atoms in total. The van der Waals surface area contributed by atoms with Crippen molar-refractivity contribution in [1.82, 2.24) is 10.2 Å². The van der Waals surface area contributed by atoms with E-state index >= 15 is 0 Å². The van der Waals surface area contributed by atoms with Crippen LogP contribution in [-0.2, 0) is 0 Å². The van der Waals surface area contributed by atoms with Gasteiger partial charge in [-0.05, 0) is 62.8 Å². The molecular formula is C13H21ClN2S. The van der Waals surface area contributed by atoms with Crippen LogP contribution in [0.2, 0.25) is 4.34 Å². The summed E-state index contributed by atoms with van der Waals surface area (Å²) in [4.78, 5) is 2.59. The molecule has 1 N–H and O–H groups in total. The van der Waals surface area contributed by atoms with Gasteiger partial charge >= 0.3 is 0 Å². The number of nitrogens with one attached hydrogen (secondary N) is 1. The van der Waals surface area contributed by atoms with Crippen molar-refractivity contribution in [1.29, 1.82) is 0 Å². The van der Waals surface area contributed by atoms with Gasteiger partial charge in [-0.1, -0.05) is 11.6 Å². The number of thiophene rings is 1. The van der Waals surface area contributed by atoms with Gasteiger partial charge in [-0.15, -0.1) is 11.3 Å². The van der Waals surface area contributed by atoms with Gasteiger partial charge in [0.15, 0.2) is 0 Å². The minimum Gasteiger partial charge on any atom is -0.319 e. The van der Waals surface area contributed by atoms with Crippen LogP contribution in [0.25, 0.3) is 0 Å². The first-order valence-electron chi connectivity index (χ1n) is 6.33. The van der Waals surface area contributed by atoms with Crippen molar-refractivity contribution < 1.29 is 0 Å². The van der Waals surface area contributed by atoms with Gasteiger partial charge in [0.1, 0.15) is 0 Å². The van der Waals surface area contributed by atoms with Crippen molar-refractivity contribution in [2.75, 3.05) is 26.7 Å². The summed E-state index contributed by atoms with van der Waals surface area (Å²) in [6.45, 7) is 5.85. The van der Waals surface area contributed by atoms with Crippen LogP contribution >= 0.6 is 22.9 Å². The van der Waals surface area contributed by atoms with E-state index in [9.17, 15) is 0 Å². The highest BCUT2D eigenvalue weighted by Gasteiger charge is 2.24. The van der Waals surface area contributed by atoms with E-state index in [2.05, 4.69) is 28.6 Å². The van der Waals surface area contributed by atoms with Crippen molar-refractivity contribution in [3.8, 4) is 0 Å². The molecule has 1 aromatic rings. The molecule has 0 amide bonds. The molecule has 2 unspecified atom stereocenters. The van der Waals surface area contributed by atoms with Gasteiger partial charge in [0.05, 0.1) is 4.34 Å². The molecule has 0 radical (unpaired) electrons. The molecule has 0 aromatic carbocycles. The lowest BCUT2D eigenvalue weighted by atomic mass is 9.96. The zero-order valence-electron chi connectivity index (χ0n) is 10.6. The highest BCUT2D eigenvalue weighted by atomic mass is 35.5. The fraction of sp³-hybridized carbons (Fsp3) is 0.692. The topological polar surface area (TPSA) is 15.3 Å². The van der Waals surface area contributed by atoms with Crippen LogP contribution in [-0.4, -0.2) is 31.6 Å². The molecule has 2 rings (SSSR count). The second-order valence-electron chi connectivity index (χ2n) is 4.92. The quantitative estimate of drug-likeness (QED) is 0.904. The van der Waals surface area contributed by atoms with E-state index < -0.39 is 0 Å². The van der Waals surface area contributed by atoms with E-state index in [1.165, 1.54) is 31.5 Å². The normalized spacial score (nSPS) is 23.8. The number of piperidine rings is 1. The number of hydrogen-bond donors (Lipinski definition) is 1. The molecular weight excluding hydrogens is 252 g/mol. The molecule has 2 heterocycles. The Morgan fingerprint density at radius 2 is 2.47 bits per heavy atom. The van der Waals surface area contributed by atoms with E-state index in [0.717, 1.165) is 16.8 Å². The number of rotatable bonds is 4. The second-order valence-corrected chi connectivity index (χ2v) is 6.46. The van der Waals surface area contributed by atoms with Crippen molar-refractivity contribution in [3.05, 3.63) is 21.3 Å². The van der Waals surface area contributed by atoms with Crippen LogP contribution in [0.1, 0.15) is 31.4 Å². The van der Waals surface area contributed by atoms with E-state index in [-0.39, 0.29) is 0 Å². The molecule has 1 aliphatic rings. The lowest BCUT2D eigenvalue weighted by Gasteiger charge is -2.36. The first kappa shape index (κ1) is 13.3. The maximum Gasteiger partial charge on any atom is 0.0931 e. The minimum atomic E-state index is 0.499. The van der Waals surface area contributed by atoms with Crippen LogP contribution in [0.15, 0.2) is 11.4 Å². The first-order valence-corrected chi connectivity index (χ1v) is 7.59. The van der Waals surface area contributed by atoms with Crippen LogP contribution in [0.4, 0.5) is 0 Å². The van der Waals surface area contributed by atoms with E-state index in [0.29, 0.717) is 6.04 Å². The summed E-state index contributed by atoms with van der Waals surface area (Å²) < 4.78 is 0.899. The van der Waals surface area contributed by atoms with Crippen LogP contribution in [0.5, 0.6) is 0 Å². The summed E-state index contributed by atoms with van der Waals surface area (Å²) in [6, 6.07) is 2.61. The third-order valence-electron chi connectivity index (χ3n) is 3.66. The Balaban J connectivity index is 1.97. The van der Waals surface area contributed by atoms with Crippen molar-refractivity contribution in [3.63, 3.8) is 0 Å². The molecule has 0 saturated carbocycles. The van der Waals surface area contributed by atoms with Gasteiger partial charge in [-0.25, -0.2) is 0 Å². The van der Waals surface area contributed by atoms with Gasteiger partial charge in [0, 0.05) is 12.6 Å². The van der Waals surface area contributed by atoms with Crippen LogP contribution in [0.3, 0.4) is 0 Å². The molecule has 0 aliphatic carbocycles. The molecule has 1 aromatic heterocycles. The molecule has 96 valence electrons. The van der Waals surface area contributed by atoms with E-state index in [4.69, 9.17) is 11.6 Å². The first-order chi connectivity index (χ1) is 8.20. The van der Waals surface area contributed by atoms with Gasteiger partial charge in [-0.2, -0.15) is 0 Å². The lowest BCUT2D eigenvalue weighted by Crippen LogP contribution is -2.40. The summed E-state index contributed by atoms with van der Waals surface area (Å²) in [5, 5.41) is 5.48. The maximum atomic E-state index is 6.01. The molecule has 2 atom stereocenters. The number of likely N-dealkylation sites (tertiary alicyclic amines) is 1. The third-order valence-corrected chi connectivity index (χ3v) is 4.77. The Morgan fingerprint density at radius 3 is 3.12 bits per heavy atom. The highest BCUT2D eigenvalue weighted by Crippen LogP contribution is 2.30. The standard InChI is InChI=1S/C13H21ClN2S/c1-10(12-6-13(14)17-9-12)16-5-3-4-11(8-16)7-15-2/h6,9-11,15H,3-5,7-8H2,1-2H3. The zero-order chi connectivity index (χ0) is 12.3. The van der Waals surface area contributed by atoms with Gasteiger partial charge in [-0.3, -0.25) is 4.90 Å². The lowest BCUT2D eigenvalue weighted by molar-refractivity contribution is 0.131. The second kappa shape index (κ2) is 6.19. The molecule has 17 heavy (non-hydrogen) atoms. The molecule has 0 spiro atoms. The SMILES string of the molecule is CNCC1CCCN(C(C)c2csc(Cl)c2)C1. The minimum absolute atomic E-state index is 0.499. The monoisotopic (exact) mass is 272 g/mol. The maximum absolute atomic E-state index is 6.01. The van der Waals surface area contributed by atoms with Crippen LogP contribution in [0, 0.1) is 5.92 Å². The molecule has 0 bridgehead atoms. The average molecular weight is 273 g/mol. The predicted molar refractivity (Wildman–Crippen MR) is 76.0 cm³/mol. The number of hydrogen-bond acceptors (Lipinski definition) is 3. The van der Waals surface area contributed by atoms with Gasteiger partial charge in [0.25, 0.3) is 0 Å². The summed E-state index contributed by atoms with van der Waals surface area (Å²) >= 11 is 7.65. The average Bonchev–Trinajstić information content (AvgIpc) is 2.76.